The molecule has 3 amide bonds. The fraction of sp³-hybridized carbons (Fsp3) is 0.300. The third kappa shape index (κ3) is 3.88. The van der Waals surface area contributed by atoms with Crippen molar-refractivity contribution in [2.24, 2.45) is 0 Å². The fourth-order valence-corrected chi connectivity index (χ4v) is 3.03. The van der Waals surface area contributed by atoms with Crippen molar-refractivity contribution in [1.29, 1.82) is 0 Å². The highest BCUT2D eigenvalue weighted by atomic mass is 16.2. The van der Waals surface area contributed by atoms with Gasteiger partial charge in [-0.1, -0.05) is 60.2 Å². The molecule has 0 radical (unpaired) electrons. The van der Waals surface area contributed by atoms with Crippen LogP contribution in [-0.4, -0.2) is 36.0 Å². The molecule has 0 bridgehead atoms. The summed E-state index contributed by atoms with van der Waals surface area (Å²) in [6.07, 6.45) is 0. The zero-order chi connectivity index (χ0) is 17.8. The van der Waals surface area contributed by atoms with Gasteiger partial charge in [-0.15, -0.1) is 0 Å². The molecule has 1 aliphatic rings. The van der Waals surface area contributed by atoms with E-state index in [-0.39, 0.29) is 18.0 Å². The molecule has 1 aliphatic heterocycles. The number of urea groups is 1. The van der Waals surface area contributed by atoms with E-state index in [1.54, 1.807) is 6.92 Å². The van der Waals surface area contributed by atoms with Gasteiger partial charge in [0, 0.05) is 13.1 Å². The van der Waals surface area contributed by atoms with Crippen molar-refractivity contribution in [2.75, 3.05) is 13.1 Å². The molecule has 5 heteroatoms. The Morgan fingerprint density at radius 3 is 2.32 bits per heavy atom. The van der Waals surface area contributed by atoms with Crippen molar-refractivity contribution in [3.05, 3.63) is 71.3 Å². The largest absolute Gasteiger partial charge is 0.336 e. The van der Waals surface area contributed by atoms with E-state index in [0.29, 0.717) is 13.1 Å². The van der Waals surface area contributed by atoms with Crippen molar-refractivity contribution in [2.45, 2.75) is 25.9 Å². The van der Waals surface area contributed by atoms with Gasteiger partial charge < -0.3 is 5.32 Å². The second-order valence-corrected chi connectivity index (χ2v) is 6.36. The maximum Gasteiger partial charge on any atom is 0.324 e. The molecule has 2 N–H and O–H groups in total. The second kappa shape index (κ2) is 7.49. The van der Waals surface area contributed by atoms with Crippen molar-refractivity contribution in [3.63, 3.8) is 0 Å². The molecule has 1 fully saturated rings. The first-order chi connectivity index (χ1) is 12.1. The summed E-state index contributed by atoms with van der Waals surface area (Å²) < 4.78 is 0. The summed E-state index contributed by atoms with van der Waals surface area (Å²) in [6.45, 7) is 4.78. The average Bonchev–Trinajstić information content (AvgIpc) is 3.06. The van der Waals surface area contributed by atoms with E-state index in [4.69, 9.17) is 0 Å². The zero-order valence-electron chi connectivity index (χ0n) is 14.5. The number of carbonyl (C=O) groups excluding carboxylic acids is 2. The Balaban J connectivity index is 1.83. The lowest BCUT2D eigenvalue weighted by atomic mass is 9.97. The average molecular weight is 337 g/mol. The van der Waals surface area contributed by atoms with Gasteiger partial charge in [0.15, 0.2) is 0 Å². The van der Waals surface area contributed by atoms with Crippen LogP contribution in [0.25, 0.3) is 0 Å². The van der Waals surface area contributed by atoms with E-state index in [1.165, 1.54) is 10.5 Å². The van der Waals surface area contributed by atoms with Crippen LogP contribution in [0.15, 0.2) is 54.6 Å². The number of nitrogens with zero attached hydrogens (tertiary/aromatic N) is 1. The summed E-state index contributed by atoms with van der Waals surface area (Å²) >= 11 is 0. The highest BCUT2D eigenvalue weighted by Crippen LogP contribution is 2.23. The van der Waals surface area contributed by atoms with Crippen LogP contribution in [-0.2, 0) is 4.79 Å². The minimum atomic E-state index is -0.477. The molecule has 1 saturated heterocycles. The van der Waals surface area contributed by atoms with E-state index >= 15 is 0 Å². The molecule has 130 valence electrons. The molecule has 3 rings (SSSR count). The fourth-order valence-electron chi connectivity index (χ4n) is 3.03. The summed E-state index contributed by atoms with van der Waals surface area (Å²) in [4.78, 5) is 25.6. The minimum absolute atomic E-state index is 0.119. The van der Waals surface area contributed by atoms with Crippen LogP contribution in [0.4, 0.5) is 4.79 Å². The van der Waals surface area contributed by atoms with Gasteiger partial charge in [0.05, 0.1) is 12.1 Å². The second-order valence-electron chi connectivity index (χ2n) is 6.36. The van der Waals surface area contributed by atoms with Crippen molar-refractivity contribution < 1.29 is 9.59 Å². The first-order valence-electron chi connectivity index (χ1n) is 8.53. The Labute approximate surface area is 148 Å². The van der Waals surface area contributed by atoms with Crippen molar-refractivity contribution >= 4 is 11.9 Å². The zero-order valence-corrected chi connectivity index (χ0v) is 14.5. The smallest absolute Gasteiger partial charge is 0.324 e. The third-order valence-corrected chi connectivity index (χ3v) is 4.45. The lowest BCUT2D eigenvalue weighted by molar-refractivity contribution is -0.129. The number of hydrogen-bond acceptors (Lipinski definition) is 3. The lowest BCUT2D eigenvalue weighted by Crippen LogP contribution is -2.47. The maximum absolute atomic E-state index is 12.6. The van der Waals surface area contributed by atoms with Crippen LogP contribution in [0.1, 0.15) is 29.7 Å². The van der Waals surface area contributed by atoms with E-state index < -0.39 is 6.04 Å². The van der Waals surface area contributed by atoms with Crippen molar-refractivity contribution in [1.82, 2.24) is 15.5 Å². The molecule has 0 aromatic heterocycles. The summed E-state index contributed by atoms with van der Waals surface area (Å²) in [5.74, 6) is -0.206. The predicted octanol–water partition coefficient (Wildman–Crippen LogP) is 2.61. The van der Waals surface area contributed by atoms with Gasteiger partial charge >= 0.3 is 6.03 Å². The number of carbonyl (C=O) groups is 2. The van der Waals surface area contributed by atoms with Crippen LogP contribution < -0.4 is 10.6 Å². The predicted molar refractivity (Wildman–Crippen MR) is 97.2 cm³/mol. The van der Waals surface area contributed by atoms with Crippen LogP contribution in [0.3, 0.4) is 0 Å². The number of aryl methyl sites for hydroxylation is 1. The Morgan fingerprint density at radius 1 is 1.08 bits per heavy atom. The molecule has 0 aliphatic carbocycles. The van der Waals surface area contributed by atoms with Gasteiger partial charge in [0.1, 0.15) is 0 Å². The van der Waals surface area contributed by atoms with Gasteiger partial charge in [-0.25, -0.2) is 4.79 Å². The van der Waals surface area contributed by atoms with Gasteiger partial charge in [-0.3, -0.25) is 15.0 Å². The Morgan fingerprint density at radius 2 is 1.72 bits per heavy atom. The van der Waals surface area contributed by atoms with Gasteiger partial charge in [-0.05, 0) is 25.0 Å². The summed E-state index contributed by atoms with van der Waals surface area (Å²) in [5.41, 5.74) is 3.35. The molecule has 25 heavy (non-hydrogen) atoms. The molecule has 2 aromatic rings. The molecular weight excluding hydrogens is 314 g/mol. The Hall–Kier alpha value is -2.66. The summed E-state index contributed by atoms with van der Waals surface area (Å²) in [5, 5.41) is 6.06. The Kier molecular flexibility index (Phi) is 5.14. The van der Waals surface area contributed by atoms with Crippen LogP contribution in [0, 0.1) is 6.92 Å². The highest BCUT2D eigenvalue weighted by molar-refractivity contribution is 5.98. The van der Waals surface area contributed by atoms with E-state index in [2.05, 4.69) is 34.9 Å². The lowest BCUT2D eigenvalue weighted by Gasteiger charge is -2.26. The number of nitrogens with one attached hydrogen (secondary N) is 2. The van der Waals surface area contributed by atoms with Crippen LogP contribution in [0.5, 0.6) is 0 Å². The van der Waals surface area contributed by atoms with Crippen LogP contribution >= 0.6 is 0 Å². The molecule has 2 aromatic carbocycles. The van der Waals surface area contributed by atoms with Gasteiger partial charge in [0.25, 0.3) is 0 Å². The summed E-state index contributed by atoms with van der Waals surface area (Å²) in [7, 11) is 0. The minimum Gasteiger partial charge on any atom is -0.336 e. The van der Waals surface area contributed by atoms with E-state index in [1.807, 2.05) is 37.3 Å². The van der Waals surface area contributed by atoms with E-state index in [0.717, 1.165) is 11.1 Å². The summed E-state index contributed by atoms with van der Waals surface area (Å²) in [6, 6.07) is 17.4. The molecule has 1 heterocycles. The van der Waals surface area contributed by atoms with Gasteiger partial charge in [0.2, 0.25) is 5.91 Å². The molecule has 5 nitrogen and oxygen atoms in total. The van der Waals surface area contributed by atoms with E-state index in [9.17, 15) is 9.59 Å². The molecular formula is C20H23N3O2. The van der Waals surface area contributed by atoms with Crippen molar-refractivity contribution in [3.8, 4) is 0 Å². The number of imide groups is 1. The highest BCUT2D eigenvalue weighted by Gasteiger charge is 2.31. The maximum atomic E-state index is 12.6. The van der Waals surface area contributed by atoms with Gasteiger partial charge in [-0.2, -0.15) is 0 Å². The third-order valence-electron chi connectivity index (χ3n) is 4.45. The first kappa shape index (κ1) is 17.2. The number of benzene rings is 2. The number of rotatable bonds is 5. The molecule has 0 unspecified atom stereocenters. The Bertz CT molecular complexity index is 743. The normalized spacial score (nSPS) is 16.4. The number of amides is 3. The quantitative estimate of drug-likeness (QED) is 0.882. The SMILES string of the molecule is Cc1ccc([C@@H](N[C@@H](C)C(=O)N2CCNC2=O)c2ccccc2)cc1. The number of hydrogen-bond donors (Lipinski definition) is 2. The monoisotopic (exact) mass is 337 g/mol. The molecule has 2 atom stereocenters. The first-order valence-corrected chi connectivity index (χ1v) is 8.53. The molecule has 0 saturated carbocycles. The molecule has 0 spiro atoms. The van der Waals surface area contributed by atoms with Crippen LogP contribution in [0.2, 0.25) is 0 Å². The topological polar surface area (TPSA) is 61.4 Å². The standard InChI is InChI=1S/C20H23N3O2/c1-14-8-10-17(11-9-14)18(16-6-4-3-5-7-16)22-15(2)19(24)23-13-12-21-20(23)25/h3-11,15,18,22H,12-13H2,1-2H3,(H,21,25)/t15-,18-/m0/s1.